The third-order valence-electron chi connectivity index (χ3n) is 2.55. The molecular formula is C11H21N3O3. The van der Waals surface area contributed by atoms with E-state index in [4.69, 9.17) is 19.7 Å². The van der Waals surface area contributed by atoms with E-state index in [2.05, 4.69) is 10.1 Å². The highest BCUT2D eigenvalue weighted by molar-refractivity contribution is 5.02. The summed E-state index contributed by atoms with van der Waals surface area (Å²) < 4.78 is 15.5. The van der Waals surface area contributed by atoms with Gasteiger partial charge in [-0.3, -0.25) is 0 Å². The van der Waals surface area contributed by atoms with Crippen molar-refractivity contribution in [2.75, 3.05) is 20.8 Å². The summed E-state index contributed by atoms with van der Waals surface area (Å²) in [5, 5.41) is 3.88. The minimum Gasteiger partial charge on any atom is -0.382 e. The van der Waals surface area contributed by atoms with Gasteiger partial charge in [0.25, 0.3) is 0 Å². The van der Waals surface area contributed by atoms with Crippen molar-refractivity contribution in [3.63, 3.8) is 0 Å². The summed E-state index contributed by atoms with van der Waals surface area (Å²) in [4.78, 5) is 4.27. The first-order chi connectivity index (χ1) is 7.80. The molecule has 1 unspecified atom stereocenters. The number of hydrogen-bond acceptors (Lipinski definition) is 6. The van der Waals surface area contributed by atoms with Crippen molar-refractivity contribution in [2.24, 2.45) is 5.73 Å². The summed E-state index contributed by atoms with van der Waals surface area (Å²) in [6.45, 7) is 6.04. The molecule has 0 saturated heterocycles. The van der Waals surface area contributed by atoms with Crippen molar-refractivity contribution in [1.29, 1.82) is 0 Å². The second-order valence-corrected chi connectivity index (χ2v) is 5.00. The maximum absolute atomic E-state index is 6.02. The van der Waals surface area contributed by atoms with Crippen LogP contribution in [0.1, 0.15) is 32.5 Å². The maximum atomic E-state index is 6.02. The molecule has 1 atom stereocenters. The number of hydrogen-bond donors (Lipinski definition) is 1. The molecule has 0 aromatic carbocycles. The molecule has 6 nitrogen and oxygen atoms in total. The summed E-state index contributed by atoms with van der Waals surface area (Å²) in [6, 6.07) is 0. The van der Waals surface area contributed by atoms with E-state index in [9.17, 15) is 0 Å². The van der Waals surface area contributed by atoms with Crippen LogP contribution in [0.2, 0.25) is 0 Å². The Bertz CT molecular complexity index is 361. The zero-order chi connectivity index (χ0) is 13.1. The predicted molar refractivity (Wildman–Crippen MR) is 62.5 cm³/mol. The van der Waals surface area contributed by atoms with E-state index in [1.807, 2.05) is 13.8 Å². The van der Waals surface area contributed by atoms with Gasteiger partial charge in [0.2, 0.25) is 5.89 Å². The second kappa shape index (κ2) is 5.12. The lowest BCUT2D eigenvalue weighted by Gasteiger charge is -2.20. The van der Waals surface area contributed by atoms with E-state index >= 15 is 0 Å². The van der Waals surface area contributed by atoms with Gasteiger partial charge in [0.1, 0.15) is 5.54 Å². The molecule has 0 amide bonds. The van der Waals surface area contributed by atoms with E-state index in [1.54, 1.807) is 21.1 Å². The van der Waals surface area contributed by atoms with Gasteiger partial charge in [0.05, 0.1) is 18.6 Å². The van der Waals surface area contributed by atoms with Gasteiger partial charge in [-0.05, 0) is 20.8 Å². The fraction of sp³-hybridized carbons (Fsp3) is 0.818. The quantitative estimate of drug-likeness (QED) is 0.797. The summed E-state index contributed by atoms with van der Waals surface area (Å²) in [7, 11) is 3.23. The van der Waals surface area contributed by atoms with Crippen LogP contribution in [0.15, 0.2) is 4.52 Å². The largest absolute Gasteiger partial charge is 0.382 e. The molecule has 0 spiro atoms. The lowest BCUT2D eigenvalue weighted by Crippen LogP contribution is -2.39. The van der Waals surface area contributed by atoms with Gasteiger partial charge in [-0.2, -0.15) is 4.98 Å². The summed E-state index contributed by atoms with van der Waals surface area (Å²) in [6.07, 6.45) is 0.541. The van der Waals surface area contributed by atoms with Crippen molar-refractivity contribution in [1.82, 2.24) is 10.1 Å². The molecule has 1 aromatic heterocycles. The number of rotatable bonds is 6. The predicted octanol–water partition coefficient (Wildman–Crippen LogP) is 0.857. The first kappa shape index (κ1) is 14.1. The average molecular weight is 243 g/mol. The maximum Gasteiger partial charge on any atom is 0.229 e. The van der Waals surface area contributed by atoms with E-state index in [-0.39, 0.29) is 5.60 Å². The van der Waals surface area contributed by atoms with E-state index < -0.39 is 5.54 Å². The normalized spacial score (nSPS) is 15.9. The second-order valence-electron chi connectivity index (χ2n) is 5.00. The fourth-order valence-corrected chi connectivity index (χ4v) is 1.36. The molecule has 1 rings (SSSR count). The van der Waals surface area contributed by atoms with E-state index in [0.29, 0.717) is 24.7 Å². The molecule has 1 heterocycles. The SMILES string of the molecule is COCC(C)(N)c1noc(CC(C)(C)OC)n1. The Kier molecular flexibility index (Phi) is 4.24. The topological polar surface area (TPSA) is 83.4 Å². The molecule has 0 aliphatic rings. The summed E-state index contributed by atoms with van der Waals surface area (Å²) >= 11 is 0. The van der Waals surface area contributed by atoms with Gasteiger partial charge in [0.15, 0.2) is 5.82 Å². The van der Waals surface area contributed by atoms with Crippen LogP contribution in [-0.4, -0.2) is 36.6 Å². The Hall–Kier alpha value is -0.980. The number of nitrogens with zero attached hydrogens (tertiary/aromatic N) is 2. The van der Waals surface area contributed by atoms with Crippen LogP contribution in [-0.2, 0) is 21.4 Å². The van der Waals surface area contributed by atoms with Gasteiger partial charge in [-0.25, -0.2) is 0 Å². The van der Waals surface area contributed by atoms with Crippen molar-refractivity contribution in [3.8, 4) is 0 Å². The molecular weight excluding hydrogens is 222 g/mol. The van der Waals surface area contributed by atoms with Gasteiger partial charge < -0.3 is 19.7 Å². The van der Waals surface area contributed by atoms with Crippen molar-refractivity contribution in [2.45, 2.75) is 38.3 Å². The van der Waals surface area contributed by atoms with Crippen LogP contribution < -0.4 is 5.73 Å². The van der Waals surface area contributed by atoms with Crippen LogP contribution in [0.4, 0.5) is 0 Å². The third-order valence-corrected chi connectivity index (χ3v) is 2.55. The molecule has 6 heteroatoms. The number of ether oxygens (including phenoxy) is 2. The highest BCUT2D eigenvalue weighted by Gasteiger charge is 2.29. The molecule has 98 valence electrons. The molecule has 0 fully saturated rings. The van der Waals surface area contributed by atoms with Gasteiger partial charge >= 0.3 is 0 Å². The first-order valence-electron chi connectivity index (χ1n) is 5.47. The van der Waals surface area contributed by atoms with Crippen LogP contribution in [0, 0.1) is 0 Å². The molecule has 0 aliphatic carbocycles. The highest BCUT2D eigenvalue weighted by atomic mass is 16.5. The minimum atomic E-state index is -0.742. The van der Waals surface area contributed by atoms with Crippen molar-refractivity contribution >= 4 is 0 Å². The van der Waals surface area contributed by atoms with Crippen LogP contribution >= 0.6 is 0 Å². The number of methoxy groups -OCH3 is 2. The van der Waals surface area contributed by atoms with E-state index in [1.165, 1.54) is 0 Å². The Balaban J connectivity index is 2.78. The third kappa shape index (κ3) is 3.76. The Morgan fingerprint density at radius 1 is 1.29 bits per heavy atom. The molecule has 0 saturated carbocycles. The Morgan fingerprint density at radius 3 is 2.47 bits per heavy atom. The van der Waals surface area contributed by atoms with Crippen LogP contribution in [0.25, 0.3) is 0 Å². The number of aromatic nitrogens is 2. The zero-order valence-corrected chi connectivity index (χ0v) is 11.1. The van der Waals surface area contributed by atoms with Gasteiger partial charge in [-0.1, -0.05) is 5.16 Å². The first-order valence-corrected chi connectivity index (χ1v) is 5.47. The monoisotopic (exact) mass is 243 g/mol. The zero-order valence-electron chi connectivity index (χ0n) is 11.1. The van der Waals surface area contributed by atoms with Gasteiger partial charge in [0, 0.05) is 14.2 Å². The lowest BCUT2D eigenvalue weighted by molar-refractivity contribution is 0.0170. The molecule has 0 bridgehead atoms. The van der Waals surface area contributed by atoms with Gasteiger partial charge in [-0.15, -0.1) is 0 Å². The van der Waals surface area contributed by atoms with E-state index in [0.717, 1.165) is 0 Å². The molecule has 2 N–H and O–H groups in total. The van der Waals surface area contributed by atoms with Crippen LogP contribution in [0.5, 0.6) is 0 Å². The van der Waals surface area contributed by atoms with Crippen molar-refractivity contribution < 1.29 is 14.0 Å². The fourth-order valence-electron chi connectivity index (χ4n) is 1.36. The highest BCUT2D eigenvalue weighted by Crippen LogP contribution is 2.18. The average Bonchev–Trinajstić information content (AvgIpc) is 2.66. The number of nitrogens with two attached hydrogens (primary N) is 1. The summed E-state index contributed by atoms with van der Waals surface area (Å²) in [5.41, 5.74) is 4.94. The Labute approximate surface area is 101 Å². The van der Waals surface area contributed by atoms with Crippen molar-refractivity contribution in [3.05, 3.63) is 11.7 Å². The lowest BCUT2D eigenvalue weighted by atomic mass is 10.0. The Morgan fingerprint density at radius 2 is 1.94 bits per heavy atom. The smallest absolute Gasteiger partial charge is 0.229 e. The van der Waals surface area contributed by atoms with Crippen LogP contribution in [0.3, 0.4) is 0 Å². The molecule has 0 radical (unpaired) electrons. The summed E-state index contributed by atoms with van der Waals surface area (Å²) in [5.74, 6) is 0.959. The molecule has 17 heavy (non-hydrogen) atoms. The minimum absolute atomic E-state index is 0.333. The molecule has 1 aromatic rings. The molecule has 0 aliphatic heterocycles. The standard InChI is InChI=1S/C11H21N3O3/c1-10(2,16-5)6-8-13-9(14-17-8)11(3,12)7-15-4/h6-7,12H2,1-5H3.